The number of aliphatic hydroxyl groups is 1. The van der Waals surface area contributed by atoms with Crippen molar-refractivity contribution in [2.24, 2.45) is 0 Å². The third-order valence-corrected chi connectivity index (χ3v) is 3.03. The van der Waals surface area contributed by atoms with E-state index < -0.39 is 0 Å². The van der Waals surface area contributed by atoms with Crippen LogP contribution in [-0.4, -0.2) is 36.2 Å². The van der Waals surface area contributed by atoms with E-state index in [1.807, 2.05) is 6.92 Å². The smallest absolute Gasteiger partial charge is 0.0524 e. The monoisotopic (exact) mass is 235 g/mol. The molecule has 0 amide bonds. The number of hydrogen-bond donors (Lipinski definition) is 1. The molecule has 0 aromatic heterocycles. The molecule has 0 fully saturated rings. The number of hydrogen-bond acceptors (Lipinski definition) is 2. The molecule has 1 N–H and O–H groups in total. The van der Waals surface area contributed by atoms with Crippen LogP contribution in [0.5, 0.6) is 0 Å². The van der Waals surface area contributed by atoms with E-state index in [0.717, 1.165) is 19.5 Å². The van der Waals surface area contributed by atoms with Gasteiger partial charge < -0.3 is 10.0 Å². The molecule has 2 nitrogen and oxygen atoms in total. The standard InChI is InChI=1S/C15H25NO/c1-14(17)11-13-16(2)12-7-6-10-15-8-4-3-5-9-15/h3-5,8-9,14,17H,6-7,10-13H2,1-2H3. The molecule has 96 valence electrons. The van der Waals surface area contributed by atoms with Crippen molar-refractivity contribution < 1.29 is 5.11 Å². The minimum atomic E-state index is -0.179. The van der Waals surface area contributed by atoms with Crippen LogP contribution in [0.2, 0.25) is 0 Å². The van der Waals surface area contributed by atoms with Gasteiger partial charge in [0, 0.05) is 6.54 Å². The van der Waals surface area contributed by atoms with Crippen LogP contribution in [0.4, 0.5) is 0 Å². The molecule has 0 aliphatic heterocycles. The van der Waals surface area contributed by atoms with Crippen molar-refractivity contribution in [3.8, 4) is 0 Å². The maximum atomic E-state index is 9.19. The Hall–Kier alpha value is -0.860. The summed E-state index contributed by atoms with van der Waals surface area (Å²) in [4.78, 5) is 2.30. The number of aliphatic hydroxyl groups excluding tert-OH is 1. The topological polar surface area (TPSA) is 23.5 Å². The minimum Gasteiger partial charge on any atom is -0.393 e. The maximum Gasteiger partial charge on any atom is 0.0524 e. The first-order valence-electron chi connectivity index (χ1n) is 6.59. The molecular weight excluding hydrogens is 210 g/mol. The summed E-state index contributed by atoms with van der Waals surface area (Å²) in [6.07, 6.45) is 4.33. The van der Waals surface area contributed by atoms with Gasteiger partial charge in [0.2, 0.25) is 0 Å². The Balaban J connectivity index is 2.04. The van der Waals surface area contributed by atoms with Gasteiger partial charge in [0.05, 0.1) is 6.10 Å². The lowest BCUT2D eigenvalue weighted by Crippen LogP contribution is -2.23. The molecule has 0 saturated heterocycles. The molecular formula is C15H25NO. The molecule has 1 aromatic rings. The van der Waals surface area contributed by atoms with Crippen molar-refractivity contribution in [1.82, 2.24) is 4.90 Å². The summed E-state index contributed by atoms with van der Waals surface area (Å²) in [5.41, 5.74) is 1.43. The molecule has 0 aliphatic carbocycles. The Morgan fingerprint density at radius 3 is 2.47 bits per heavy atom. The average molecular weight is 235 g/mol. The van der Waals surface area contributed by atoms with Gasteiger partial charge in [-0.25, -0.2) is 0 Å². The minimum absolute atomic E-state index is 0.179. The van der Waals surface area contributed by atoms with Crippen LogP contribution in [0.15, 0.2) is 30.3 Å². The normalized spacial score (nSPS) is 12.9. The molecule has 0 radical (unpaired) electrons. The van der Waals surface area contributed by atoms with Gasteiger partial charge >= 0.3 is 0 Å². The van der Waals surface area contributed by atoms with E-state index in [1.54, 1.807) is 0 Å². The second-order valence-corrected chi connectivity index (χ2v) is 4.88. The van der Waals surface area contributed by atoms with Gasteiger partial charge in [0.1, 0.15) is 0 Å². The van der Waals surface area contributed by atoms with Gasteiger partial charge in [-0.1, -0.05) is 30.3 Å². The van der Waals surface area contributed by atoms with Gasteiger partial charge in [0.15, 0.2) is 0 Å². The van der Waals surface area contributed by atoms with Crippen molar-refractivity contribution in [2.45, 2.75) is 38.7 Å². The number of benzene rings is 1. The van der Waals surface area contributed by atoms with E-state index in [4.69, 9.17) is 0 Å². The zero-order valence-electron chi connectivity index (χ0n) is 11.1. The van der Waals surface area contributed by atoms with Crippen molar-refractivity contribution in [1.29, 1.82) is 0 Å². The molecule has 2 heteroatoms. The first kappa shape index (κ1) is 14.2. The number of unbranched alkanes of at least 4 members (excludes halogenated alkanes) is 1. The Morgan fingerprint density at radius 2 is 1.82 bits per heavy atom. The summed E-state index contributed by atoms with van der Waals surface area (Å²) >= 11 is 0. The molecule has 0 spiro atoms. The van der Waals surface area contributed by atoms with Crippen molar-refractivity contribution in [3.63, 3.8) is 0 Å². The largest absolute Gasteiger partial charge is 0.393 e. The maximum absolute atomic E-state index is 9.19. The molecule has 1 atom stereocenters. The Labute approximate surface area is 105 Å². The molecule has 1 unspecified atom stereocenters. The van der Waals surface area contributed by atoms with Gasteiger partial charge in [-0.3, -0.25) is 0 Å². The Bertz CT molecular complexity index is 284. The average Bonchev–Trinajstić information content (AvgIpc) is 2.33. The second kappa shape index (κ2) is 8.26. The quantitative estimate of drug-likeness (QED) is 0.700. The highest BCUT2D eigenvalue weighted by molar-refractivity contribution is 5.14. The van der Waals surface area contributed by atoms with Crippen LogP contribution in [0, 0.1) is 0 Å². The predicted molar refractivity (Wildman–Crippen MR) is 73.2 cm³/mol. The summed E-state index contributed by atoms with van der Waals surface area (Å²) in [6, 6.07) is 10.6. The number of nitrogens with zero attached hydrogens (tertiary/aromatic N) is 1. The summed E-state index contributed by atoms with van der Waals surface area (Å²) in [6.45, 7) is 3.96. The second-order valence-electron chi connectivity index (χ2n) is 4.88. The third kappa shape index (κ3) is 7.14. The molecule has 0 aliphatic rings. The van der Waals surface area contributed by atoms with Crippen LogP contribution < -0.4 is 0 Å². The van der Waals surface area contributed by atoms with E-state index in [1.165, 1.54) is 24.8 Å². The Kier molecular flexibility index (Phi) is 6.90. The van der Waals surface area contributed by atoms with Crippen LogP contribution in [0.1, 0.15) is 31.7 Å². The van der Waals surface area contributed by atoms with Crippen LogP contribution >= 0.6 is 0 Å². The third-order valence-electron chi connectivity index (χ3n) is 3.03. The molecule has 1 aromatic carbocycles. The summed E-state index contributed by atoms with van der Waals surface area (Å²) < 4.78 is 0. The van der Waals surface area contributed by atoms with Crippen LogP contribution in [-0.2, 0) is 6.42 Å². The summed E-state index contributed by atoms with van der Waals surface area (Å²) in [5.74, 6) is 0. The lowest BCUT2D eigenvalue weighted by molar-refractivity contribution is 0.164. The molecule has 0 saturated carbocycles. The van der Waals surface area contributed by atoms with Crippen LogP contribution in [0.25, 0.3) is 0 Å². The van der Waals surface area contributed by atoms with Gasteiger partial charge in [-0.05, 0) is 51.8 Å². The summed E-state index contributed by atoms with van der Waals surface area (Å²) in [5, 5.41) is 9.19. The highest BCUT2D eigenvalue weighted by Crippen LogP contribution is 2.05. The predicted octanol–water partition coefficient (Wildman–Crippen LogP) is 2.71. The zero-order chi connectivity index (χ0) is 12.5. The van der Waals surface area contributed by atoms with E-state index in [9.17, 15) is 5.11 Å². The highest BCUT2D eigenvalue weighted by Gasteiger charge is 2.01. The lowest BCUT2D eigenvalue weighted by atomic mass is 10.1. The Morgan fingerprint density at radius 1 is 1.12 bits per heavy atom. The fraction of sp³-hybridized carbons (Fsp3) is 0.600. The van der Waals surface area contributed by atoms with Gasteiger partial charge in [0.25, 0.3) is 0 Å². The molecule has 0 bridgehead atoms. The highest BCUT2D eigenvalue weighted by atomic mass is 16.3. The van der Waals surface area contributed by atoms with Crippen molar-refractivity contribution >= 4 is 0 Å². The van der Waals surface area contributed by atoms with E-state index in [0.29, 0.717) is 0 Å². The fourth-order valence-corrected chi connectivity index (χ4v) is 1.87. The van der Waals surface area contributed by atoms with Crippen LogP contribution in [0.3, 0.4) is 0 Å². The molecule has 1 rings (SSSR count). The summed E-state index contributed by atoms with van der Waals surface area (Å²) in [7, 11) is 2.13. The van der Waals surface area contributed by atoms with Crippen molar-refractivity contribution in [3.05, 3.63) is 35.9 Å². The number of aryl methyl sites for hydroxylation is 1. The molecule has 0 heterocycles. The van der Waals surface area contributed by atoms with Gasteiger partial charge in [-0.15, -0.1) is 0 Å². The lowest BCUT2D eigenvalue weighted by Gasteiger charge is -2.17. The van der Waals surface area contributed by atoms with E-state index >= 15 is 0 Å². The van der Waals surface area contributed by atoms with E-state index in [2.05, 4.69) is 42.3 Å². The van der Waals surface area contributed by atoms with E-state index in [-0.39, 0.29) is 6.10 Å². The van der Waals surface area contributed by atoms with Crippen molar-refractivity contribution in [2.75, 3.05) is 20.1 Å². The SMILES string of the molecule is CC(O)CCN(C)CCCCc1ccccc1. The fourth-order valence-electron chi connectivity index (χ4n) is 1.87. The molecule has 17 heavy (non-hydrogen) atoms. The first-order valence-corrected chi connectivity index (χ1v) is 6.59. The van der Waals surface area contributed by atoms with Gasteiger partial charge in [-0.2, -0.15) is 0 Å². The number of rotatable bonds is 8. The first-order chi connectivity index (χ1) is 8.18. The zero-order valence-corrected chi connectivity index (χ0v) is 11.1.